The van der Waals surface area contributed by atoms with Crippen molar-refractivity contribution in [2.75, 3.05) is 13.0 Å². The van der Waals surface area contributed by atoms with Gasteiger partial charge in [0, 0.05) is 11.3 Å². The van der Waals surface area contributed by atoms with Gasteiger partial charge in [-0.1, -0.05) is 39.5 Å². The van der Waals surface area contributed by atoms with Crippen LogP contribution in [-0.4, -0.2) is 36.1 Å². The van der Waals surface area contributed by atoms with E-state index in [9.17, 15) is 9.59 Å². The van der Waals surface area contributed by atoms with Gasteiger partial charge in [-0.25, -0.2) is 14.6 Å². The molecule has 22 heavy (non-hydrogen) atoms. The SMILES string of the molecule is COC(=O)C(NC(=O)OCSc1csc(C(C)C)n1)C(C)C. The van der Waals surface area contributed by atoms with Crippen LogP contribution in [0.2, 0.25) is 0 Å². The Labute approximate surface area is 139 Å². The molecule has 1 aromatic heterocycles. The van der Waals surface area contributed by atoms with Gasteiger partial charge in [-0.05, 0) is 5.92 Å². The normalized spacial score (nSPS) is 12.3. The van der Waals surface area contributed by atoms with Crippen molar-refractivity contribution in [1.82, 2.24) is 10.3 Å². The molecule has 1 unspecified atom stereocenters. The first-order chi connectivity index (χ1) is 10.3. The largest absolute Gasteiger partial charge is 0.467 e. The van der Waals surface area contributed by atoms with Gasteiger partial charge in [-0.2, -0.15) is 0 Å². The lowest BCUT2D eigenvalue weighted by Gasteiger charge is -2.19. The molecular weight excluding hydrogens is 324 g/mol. The molecule has 1 heterocycles. The summed E-state index contributed by atoms with van der Waals surface area (Å²) in [4.78, 5) is 27.7. The second-order valence-electron chi connectivity index (χ2n) is 5.26. The Morgan fingerprint density at radius 1 is 1.36 bits per heavy atom. The van der Waals surface area contributed by atoms with Gasteiger partial charge in [-0.3, -0.25) is 0 Å². The van der Waals surface area contributed by atoms with E-state index in [0.29, 0.717) is 5.92 Å². The number of thiazole rings is 1. The van der Waals surface area contributed by atoms with E-state index in [1.54, 1.807) is 11.3 Å². The lowest BCUT2D eigenvalue weighted by molar-refractivity contribution is -0.144. The van der Waals surface area contributed by atoms with Crippen molar-refractivity contribution < 1.29 is 19.1 Å². The second kappa shape index (κ2) is 8.99. The maximum Gasteiger partial charge on any atom is 0.408 e. The van der Waals surface area contributed by atoms with E-state index in [2.05, 4.69) is 28.9 Å². The Kier molecular flexibility index (Phi) is 7.67. The molecule has 0 saturated carbocycles. The Morgan fingerprint density at radius 3 is 2.55 bits per heavy atom. The van der Waals surface area contributed by atoms with E-state index in [1.165, 1.54) is 18.9 Å². The summed E-state index contributed by atoms with van der Waals surface area (Å²) in [5.41, 5.74) is 0. The van der Waals surface area contributed by atoms with Crippen molar-refractivity contribution in [2.24, 2.45) is 5.92 Å². The number of carbonyl (C=O) groups excluding carboxylic acids is 2. The van der Waals surface area contributed by atoms with Gasteiger partial charge in [0.2, 0.25) is 0 Å². The van der Waals surface area contributed by atoms with Crippen molar-refractivity contribution in [3.05, 3.63) is 10.4 Å². The van der Waals surface area contributed by atoms with Gasteiger partial charge in [0.15, 0.2) is 0 Å². The third kappa shape index (κ3) is 5.84. The number of aromatic nitrogens is 1. The zero-order valence-electron chi connectivity index (χ0n) is 13.4. The van der Waals surface area contributed by atoms with Crippen LogP contribution in [0.15, 0.2) is 10.4 Å². The van der Waals surface area contributed by atoms with Crippen LogP contribution in [0.3, 0.4) is 0 Å². The molecule has 0 spiro atoms. The number of ether oxygens (including phenoxy) is 2. The molecule has 124 valence electrons. The number of thioether (sulfide) groups is 1. The highest BCUT2D eigenvalue weighted by atomic mass is 32.2. The van der Waals surface area contributed by atoms with Crippen LogP contribution in [0.1, 0.15) is 38.6 Å². The molecule has 0 saturated heterocycles. The molecule has 0 radical (unpaired) electrons. The zero-order chi connectivity index (χ0) is 16.7. The van der Waals surface area contributed by atoms with Crippen LogP contribution in [0.25, 0.3) is 0 Å². The molecule has 1 rings (SSSR count). The predicted molar refractivity (Wildman–Crippen MR) is 87.2 cm³/mol. The van der Waals surface area contributed by atoms with Gasteiger partial charge in [0.05, 0.1) is 12.1 Å². The number of carbonyl (C=O) groups is 2. The molecule has 0 fully saturated rings. The van der Waals surface area contributed by atoms with Gasteiger partial charge >= 0.3 is 12.1 Å². The third-order valence-electron chi connectivity index (χ3n) is 2.79. The highest BCUT2D eigenvalue weighted by molar-refractivity contribution is 7.99. The van der Waals surface area contributed by atoms with Crippen molar-refractivity contribution in [3.63, 3.8) is 0 Å². The van der Waals surface area contributed by atoms with Crippen molar-refractivity contribution in [2.45, 2.75) is 44.7 Å². The van der Waals surface area contributed by atoms with Crippen LogP contribution in [0.5, 0.6) is 0 Å². The third-order valence-corrected chi connectivity index (χ3v) is 4.82. The topological polar surface area (TPSA) is 77.5 Å². The Hall–Kier alpha value is -1.28. The van der Waals surface area contributed by atoms with Gasteiger partial charge in [-0.15, -0.1) is 11.3 Å². The first-order valence-corrected chi connectivity index (χ1v) is 8.81. The number of nitrogens with one attached hydrogen (secondary N) is 1. The Morgan fingerprint density at radius 2 is 2.05 bits per heavy atom. The number of rotatable bonds is 7. The monoisotopic (exact) mass is 346 g/mol. The molecular formula is C14H22N2O4S2. The van der Waals surface area contributed by atoms with E-state index in [0.717, 1.165) is 10.0 Å². The maximum atomic E-state index is 11.7. The van der Waals surface area contributed by atoms with Gasteiger partial charge < -0.3 is 14.8 Å². The van der Waals surface area contributed by atoms with Gasteiger partial charge in [0.25, 0.3) is 0 Å². The molecule has 1 N–H and O–H groups in total. The summed E-state index contributed by atoms with van der Waals surface area (Å²) < 4.78 is 9.71. The number of amides is 1. The molecule has 1 atom stereocenters. The van der Waals surface area contributed by atoms with Crippen LogP contribution in [0.4, 0.5) is 4.79 Å². The van der Waals surface area contributed by atoms with Crippen LogP contribution >= 0.6 is 23.1 Å². The molecule has 0 aromatic carbocycles. The lowest BCUT2D eigenvalue weighted by atomic mass is 10.1. The Bertz CT molecular complexity index is 503. The summed E-state index contributed by atoms with van der Waals surface area (Å²) in [6.45, 7) is 7.80. The molecule has 0 bridgehead atoms. The summed E-state index contributed by atoms with van der Waals surface area (Å²) in [6.07, 6.45) is -0.643. The molecule has 6 nitrogen and oxygen atoms in total. The number of hydrogen-bond acceptors (Lipinski definition) is 7. The van der Waals surface area contributed by atoms with E-state index in [-0.39, 0.29) is 11.9 Å². The minimum Gasteiger partial charge on any atom is -0.467 e. The second-order valence-corrected chi connectivity index (χ2v) is 7.09. The minimum absolute atomic E-state index is 0.0835. The number of nitrogens with zero attached hydrogens (tertiary/aromatic N) is 1. The summed E-state index contributed by atoms with van der Waals surface area (Å²) in [5, 5.41) is 6.33. The first kappa shape index (κ1) is 18.8. The minimum atomic E-state index is -0.714. The smallest absolute Gasteiger partial charge is 0.408 e. The fourth-order valence-electron chi connectivity index (χ4n) is 1.54. The van der Waals surface area contributed by atoms with E-state index in [1.807, 2.05) is 19.2 Å². The molecule has 8 heteroatoms. The summed E-state index contributed by atoms with van der Waals surface area (Å²) in [5.74, 6) is -0.0464. The van der Waals surface area contributed by atoms with Crippen LogP contribution in [-0.2, 0) is 14.3 Å². The number of hydrogen-bond donors (Lipinski definition) is 1. The standard InChI is InChI=1S/C14H22N2O4S2/c1-8(2)11(13(17)19-5)16-14(18)20-7-22-10-6-21-12(15-10)9(3)4/h6,8-9,11H,7H2,1-5H3,(H,16,18). The van der Waals surface area contributed by atoms with E-state index in [4.69, 9.17) is 4.74 Å². The summed E-state index contributed by atoms with van der Waals surface area (Å²) >= 11 is 2.93. The van der Waals surface area contributed by atoms with Crippen LogP contribution in [0, 0.1) is 5.92 Å². The number of esters is 1. The lowest BCUT2D eigenvalue weighted by Crippen LogP contribution is -2.45. The fraction of sp³-hybridized carbons (Fsp3) is 0.643. The quantitative estimate of drug-likeness (QED) is 0.464. The van der Waals surface area contributed by atoms with E-state index >= 15 is 0 Å². The van der Waals surface area contributed by atoms with Crippen LogP contribution < -0.4 is 5.32 Å². The highest BCUT2D eigenvalue weighted by Crippen LogP contribution is 2.25. The number of alkyl carbamates (subject to hydrolysis) is 1. The average Bonchev–Trinajstić information content (AvgIpc) is 2.92. The maximum absolute atomic E-state index is 11.7. The highest BCUT2D eigenvalue weighted by Gasteiger charge is 2.25. The molecule has 0 aliphatic heterocycles. The first-order valence-electron chi connectivity index (χ1n) is 6.94. The summed E-state index contributed by atoms with van der Waals surface area (Å²) in [7, 11) is 1.29. The average molecular weight is 346 g/mol. The molecule has 0 aliphatic rings. The molecule has 0 aliphatic carbocycles. The van der Waals surface area contributed by atoms with Gasteiger partial charge in [0.1, 0.15) is 17.0 Å². The molecule has 1 aromatic rings. The zero-order valence-corrected chi connectivity index (χ0v) is 15.0. The van der Waals surface area contributed by atoms with Crippen molar-refractivity contribution in [3.8, 4) is 0 Å². The Balaban J connectivity index is 2.40. The molecule has 1 amide bonds. The predicted octanol–water partition coefficient (Wildman–Crippen LogP) is 3.24. The van der Waals surface area contributed by atoms with E-state index < -0.39 is 18.1 Å². The number of methoxy groups -OCH3 is 1. The summed E-state index contributed by atoms with van der Waals surface area (Å²) in [6, 6.07) is -0.714. The van der Waals surface area contributed by atoms with Crippen molar-refractivity contribution >= 4 is 35.2 Å². The fourth-order valence-corrected chi connectivity index (χ4v) is 3.16. The van der Waals surface area contributed by atoms with Crippen molar-refractivity contribution in [1.29, 1.82) is 0 Å².